The molecule has 2 rings (SSSR count). The fraction of sp³-hybridized carbons (Fsp3) is 0.368. The average Bonchev–Trinajstić information content (AvgIpc) is 2.53. The predicted molar refractivity (Wildman–Crippen MR) is 104 cm³/mol. The van der Waals surface area contributed by atoms with E-state index in [0.717, 1.165) is 45.4 Å². The lowest BCUT2D eigenvalue weighted by Gasteiger charge is -2.17. The number of nitrogens with zero attached hydrogens (tertiary/aromatic N) is 1. The Balaban J connectivity index is 2.50. The van der Waals surface area contributed by atoms with E-state index in [1.54, 1.807) is 0 Å². The minimum atomic E-state index is -0.208. The average molecular weight is 410 g/mol. The fourth-order valence-corrected chi connectivity index (χ4v) is 3.69. The van der Waals surface area contributed by atoms with Gasteiger partial charge in [-0.1, -0.05) is 41.4 Å². The van der Waals surface area contributed by atoms with Crippen LogP contribution in [-0.4, -0.2) is 10.9 Å². The van der Waals surface area contributed by atoms with Gasteiger partial charge in [-0.25, -0.2) is 0 Å². The fourth-order valence-electron chi connectivity index (χ4n) is 2.78. The minimum absolute atomic E-state index is 0.208. The van der Waals surface area contributed by atoms with Crippen molar-refractivity contribution in [1.82, 2.24) is 4.98 Å². The highest BCUT2D eigenvalue weighted by Gasteiger charge is 2.20. The van der Waals surface area contributed by atoms with Crippen LogP contribution in [0.5, 0.6) is 0 Å². The third-order valence-electron chi connectivity index (χ3n) is 4.28. The van der Waals surface area contributed by atoms with Crippen molar-refractivity contribution in [3.8, 4) is 0 Å². The molecule has 2 aromatic rings. The van der Waals surface area contributed by atoms with Crippen LogP contribution in [0.25, 0.3) is 0 Å². The van der Waals surface area contributed by atoms with Crippen molar-refractivity contribution in [2.75, 3.05) is 5.32 Å². The van der Waals surface area contributed by atoms with E-state index in [0.29, 0.717) is 16.3 Å². The van der Waals surface area contributed by atoms with Crippen LogP contribution in [0.3, 0.4) is 0 Å². The zero-order valence-corrected chi connectivity index (χ0v) is 17.0. The second-order valence-corrected chi connectivity index (χ2v) is 7.15. The molecule has 1 heterocycles. The molecule has 0 spiro atoms. The first-order chi connectivity index (χ1) is 11.3. The summed E-state index contributed by atoms with van der Waals surface area (Å²) in [6.45, 7) is 9.75. The topological polar surface area (TPSA) is 42.0 Å². The van der Waals surface area contributed by atoms with Crippen LogP contribution in [0, 0.1) is 20.8 Å². The third-order valence-corrected chi connectivity index (χ3v) is 5.21. The Morgan fingerprint density at radius 3 is 2.17 bits per heavy atom. The van der Waals surface area contributed by atoms with Gasteiger partial charge in [0, 0.05) is 15.9 Å². The first-order valence-corrected chi connectivity index (χ1v) is 9.23. The number of rotatable bonds is 4. The minimum Gasteiger partial charge on any atom is -0.321 e. The number of amides is 1. The molecule has 0 unspecified atom stereocenters. The molecule has 1 N–H and O–H groups in total. The molecule has 1 aromatic carbocycles. The van der Waals surface area contributed by atoms with Crippen molar-refractivity contribution in [3.63, 3.8) is 0 Å². The largest absolute Gasteiger partial charge is 0.321 e. The highest BCUT2D eigenvalue weighted by molar-refractivity contribution is 9.10. The van der Waals surface area contributed by atoms with Crippen LogP contribution in [0.2, 0.25) is 5.02 Å². The second kappa shape index (κ2) is 7.66. The van der Waals surface area contributed by atoms with Crippen molar-refractivity contribution < 1.29 is 4.79 Å². The quantitative estimate of drug-likeness (QED) is 0.693. The summed E-state index contributed by atoms with van der Waals surface area (Å²) in [5, 5.41) is 3.55. The van der Waals surface area contributed by atoms with E-state index >= 15 is 0 Å². The zero-order chi connectivity index (χ0) is 18.0. The molecule has 1 amide bonds. The summed E-state index contributed by atoms with van der Waals surface area (Å²) >= 11 is 9.97. The van der Waals surface area contributed by atoms with Gasteiger partial charge in [-0.15, -0.1) is 0 Å². The standard InChI is InChI=1S/C19H22BrClN2O/c1-6-13-8-15(20)9-14(7-2)18(13)23-19(24)16-12(5)22-11(4)10(3)17(16)21/h8-9H,6-7H2,1-5H3,(H,23,24). The summed E-state index contributed by atoms with van der Waals surface area (Å²) in [4.78, 5) is 17.3. The Bertz CT molecular complexity index is 777. The van der Waals surface area contributed by atoms with Crippen molar-refractivity contribution in [2.45, 2.75) is 47.5 Å². The van der Waals surface area contributed by atoms with Gasteiger partial charge >= 0.3 is 0 Å². The van der Waals surface area contributed by atoms with Gasteiger partial charge in [0.1, 0.15) is 0 Å². The third kappa shape index (κ3) is 3.65. The lowest BCUT2D eigenvalue weighted by Crippen LogP contribution is -2.18. The number of nitrogens with one attached hydrogen (secondary N) is 1. The maximum atomic E-state index is 12.9. The summed E-state index contributed by atoms with van der Waals surface area (Å²) in [5.74, 6) is -0.208. The molecule has 0 atom stereocenters. The van der Waals surface area contributed by atoms with Gasteiger partial charge in [-0.05, 0) is 62.4 Å². The molecule has 0 aliphatic heterocycles. The van der Waals surface area contributed by atoms with Crippen LogP contribution in [-0.2, 0) is 12.8 Å². The summed E-state index contributed by atoms with van der Waals surface area (Å²) in [6.07, 6.45) is 1.67. The van der Waals surface area contributed by atoms with Crippen molar-refractivity contribution in [3.05, 3.63) is 55.3 Å². The molecule has 0 fully saturated rings. The van der Waals surface area contributed by atoms with Gasteiger partial charge in [0.15, 0.2) is 0 Å². The molecule has 1 aromatic heterocycles. The number of pyridine rings is 1. The number of hydrogen-bond donors (Lipinski definition) is 1. The SMILES string of the molecule is CCc1cc(Br)cc(CC)c1NC(=O)c1c(C)nc(C)c(C)c1Cl. The highest BCUT2D eigenvalue weighted by atomic mass is 79.9. The summed E-state index contributed by atoms with van der Waals surface area (Å²) < 4.78 is 1.02. The van der Waals surface area contributed by atoms with Crippen LogP contribution in [0.1, 0.15) is 52.3 Å². The molecule has 0 aliphatic carbocycles. The number of halogens is 2. The lowest BCUT2D eigenvalue weighted by atomic mass is 10.0. The predicted octanol–water partition coefficient (Wildman–Crippen LogP) is 5.80. The molecular formula is C19H22BrClN2O. The van der Waals surface area contributed by atoms with E-state index in [2.05, 4.69) is 40.1 Å². The summed E-state index contributed by atoms with van der Waals surface area (Å²) in [5.41, 5.74) is 5.86. The molecule has 5 heteroatoms. The molecule has 0 bridgehead atoms. The van der Waals surface area contributed by atoms with Crippen LogP contribution >= 0.6 is 27.5 Å². The Labute approximate surface area is 157 Å². The molecule has 0 radical (unpaired) electrons. The molecule has 0 aliphatic rings. The lowest BCUT2D eigenvalue weighted by molar-refractivity contribution is 0.102. The number of carbonyl (C=O) groups excluding carboxylic acids is 1. The van der Waals surface area contributed by atoms with Gasteiger partial charge < -0.3 is 5.32 Å². The monoisotopic (exact) mass is 408 g/mol. The van der Waals surface area contributed by atoms with E-state index in [-0.39, 0.29) is 5.91 Å². The molecule has 0 saturated heterocycles. The number of benzene rings is 1. The first kappa shape index (κ1) is 18.9. The van der Waals surface area contributed by atoms with E-state index < -0.39 is 0 Å². The van der Waals surface area contributed by atoms with Crippen molar-refractivity contribution >= 4 is 39.1 Å². The van der Waals surface area contributed by atoms with Gasteiger partial charge in [-0.2, -0.15) is 0 Å². The summed E-state index contributed by atoms with van der Waals surface area (Å²) in [6, 6.07) is 4.09. The van der Waals surface area contributed by atoms with E-state index in [1.807, 2.05) is 32.9 Å². The second-order valence-electron chi connectivity index (χ2n) is 5.86. The van der Waals surface area contributed by atoms with E-state index in [4.69, 9.17) is 11.6 Å². The summed E-state index contributed by atoms with van der Waals surface area (Å²) in [7, 11) is 0. The normalized spacial score (nSPS) is 10.8. The van der Waals surface area contributed by atoms with Crippen LogP contribution < -0.4 is 5.32 Å². The number of hydrogen-bond acceptors (Lipinski definition) is 2. The Morgan fingerprint density at radius 1 is 1.12 bits per heavy atom. The Morgan fingerprint density at radius 2 is 1.67 bits per heavy atom. The highest BCUT2D eigenvalue weighted by Crippen LogP contribution is 2.30. The molecule has 128 valence electrons. The Kier molecular flexibility index (Phi) is 6.05. The maximum Gasteiger partial charge on any atom is 0.259 e. The molecule has 3 nitrogen and oxygen atoms in total. The van der Waals surface area contributed by atoms with Crippen molar-refractivity contribution in [1.29, 1.82) is 0 Å². The van der Waals surface area contributed by atoms with Gasteiger partial charge in [0.2, 0.25) is 0 Å². The zero-order valence-electron chi connectivity index (χ0n) is 14.7. The maximum absolute atomic E-state index is 12.9. The van der Waals surface area contributed by atoms with E-state index in [1.165, 1.54) is 0 Å². The molecule has 24 heavy (non-hydrogen) atoms. The molecule has 0 saturated carbocycles. The van der Waals surface area contributed by atoms with Gasteiger partial charge in [0.25, 0.3) is 5.91 Å². The Hall–Kier alpha value is -1.39. The van der Waals surface area contributed by atoms with Crippen molar-refractivity contribution in [2.24, 2.45) is 0 Å². The van der Waals surface area contributed by atoms with Gasteiger partial charge in [-0.3, -0.25) is 9.78 Å². The number of anilines is 1. The molecular weight excluding hydrogens is 388 g/mol. The van der Waals surface area contributed by atoms with Crippen LogP contribution in [0.15, 0.2) is 16.6 Å². The number of aryl methyl sites for hydroxylation is 4. The smallest absolute Gasteiger partial charge is 0.259 e. The van der Waals surface area contributed by atoms with E-state index in [9.17, 15) is 4.79 Å². The van der Waals surface area contributed by atoms with Crippen LogP contribution in [0.4, 0.5) is 5.69 Å². The van der Waals surface area contributed by atoms with Gasteiger partial charge in [0.05, 0.1) is 16.3 Å². The number of aromatic nitrogens is 1. The first-order valence-electron chi connectivity index (χ1n) is 8.06. The number of carbonyl (C=O) groups is 1.